The molecule has 0 unspecified atom stereocenters. The number of rotatable bonds is 1. The van der Waals surface area contributed by atoms with Gasteiger partial charge in [0.05, 0.1) is 11.1 Å². The second-order valence-electron chi connectivity index (χ2n) is 5.33. The molecule has 3 rings (SSSR count). The summed E-state index contributed by atoms with van der Waals surface area (Å²) in [5.74, 6) is -1.77. The third-order valence-corrected chi connectivity index (χ3v) is 3.78. The van der Waals surface area contributed by atoms with Gasteiger partial charge in [0.2, 0.25) is 0 Å². The Morgan fingerprint density at radius 3 is 2.52 bits per heavy atom. The van der Waals surface area contributed by atoms with Crippen LogP contribution in [0, 0.1) is 0 Å². The first-order valence-corrected chi connectivity index (χ1v) is 7.29. The molecule has 1 saturated heterocycles. The molecule has 5 nitrogen and oxygen atoms in total. The molecule has 0 atom stereocenters. The summed E-state index contributed by atoms with van der Waals surface area (Å²) in [6, 6.07) is 3.68. The Morgan fingerprint density at radius 1 is 1.19 bits per heavy atom. The fraction of sp³-hybridized carbons (Fsp3) is 0.333. The van der Waals surface area contributed by atoms with E-state index in [2.05, 4.69) is 15.9 Å². The van der Waals surface area contributed by atoms with E-state index in [1.54, 1.807) is 6.07 Å². The zero-order chi connectivity index (χ0) is 15.2. The monoisotopic (exact) mass is 352 g/mol. The maximum Gasteiger partial charge on any atom is 0.348 e. The van der Waals surface area contributed by atoms with Gasteiger partial charge in [0.15, 0.2) is 0 Å². The summed E-state index contributed by atoms with van der Waals surface area (Å²) in [6.45, 7) is 3.66. The van der Waals surface area contributed by atoms with Crippen molar-refractivity contribution in [3.63, 3.8) is 0 Å². The number of ether oxygens (including phenoxy) is 3. The number of hydrogen-bond acceptors (Lipinski definition) is 5. The first kappa shape index (κ1) is 14.1. The highest BCUT2D eigenvalue weighted by Crippen LogP contribution is 2.35. The van der Waals surface area contributed by atoms with Crippen molar-refractivity contribution in [2.75, 3.05) is 6.61 Å². The lowest BCUT2D eigenvalue weighted by Gasteiger charge is -2.29. The van der Waals surface area contributed by atoms with Crippen LogP contribution >= 0.6 is 15.9 Å². The van der Waals surface area contributed by atoms with Crippen molar-refractivity contribution in [3.05, 3.63) is 33.3 Å². The summed E-state index contributed by atoms with van der Waals surface area (Å²) in [5.41, 5.74) is 1.64. The van der Waals surface area contributed by atoms with Gasteiger partial charge in [0.1, 0.15) is 11.3 Å². The topological polar surface area (TPSA) is 61.8 Å². The number of carbonyl (C=O) groups is 2. The van der Waals surface area contributed by atoms with Crippen molar-refractivity contribution >= 4 is 33.9 Å². The van der Waals surface area contributed by atoms with Crippen LogP contribution in [-0.4, -0.2) is 24.3 Å². The van der Waals surface area contributed by atoms with Gasteiger partial charge >= 0.3 is 11.9 Å². The highest BCUT2D eigenvalue weighted by atomic mass is 79.9. The van der Waals surface area contributed by atoms with Gasteiger partial charge in [-0.1, -0.05) is 0 Å². The minimum absolute atomic E-state index is 0.111. The Balaban J connectivity index is 1.97. The highest BCUT2D eigenvalue weighted by molar-refractivity contribution is 9.10. The molecule has 2 heterocycles. The van der Waals surface area contributed by atoms with Crippen LogP contribution in [0.15, 0.2) is 22.2 Å². The molecule has 6 heteroatoms. The first-order chi connectivity index (χ1) is 9.85. The molecule has 2 aliphatic rings. The van der Waals surface area contributed by atoms with E-state index >= 15 is 0 Å². The van der Waals surface area contributed by atoms with E-state index in [1.165, 1.54) is 19.9 Å². The average Bonchev–Trinajstić information content (AvgIpc) is 2.81. The van der Waals surface area contributed by atoms with Gasteiger partial charge in [-0.3, -0.25) is 0 Å². The van der Waals surface area contributed by atoms with Crippen LogP contribution in [-0.2, 0) is 25.5 Å². The van der Waals surface area contributed by atoms with Gasteiger partial charge in [0.25, 0.3) is 5.79 Å². The number of fused-ring (bicyclic) bond motifs is 1. The highest BCUT2D eigenvalue weighted by Gasteiger charge is 2.38. The lowest BCUT2D eigenvalue weighted by atomic mass is 10.1. The molecular weight excluding hydrogens is 340 g/mol. The van der Waals surface area contributed by atoms with Crippen molar-refractivity contribution in [3.8, 4) is 5.75 Å². The smallest absolute Gasteiger partial charge is 0.348 e. The summed E-state index contributed by atoms with van der Waals surface area (Å²) in [7, 11) is 0. The SMILES string of the molecule is CC1(C)OC(=O)C(=Cc2cc(Br)c3c(c2)CCO3)C(=O)O1. The lowest BCUT2D eigenvalue weighted by Crippen LogP contribution is -2.41. The quantitative estimate of drug-likeness (QED) is 0.441. The molecule has 0 spiro atoms. The molecule has 0 aromatic heterocycles. The average molecular weight is 353 g/mol. The van der Waals surface area contributed by atoms with E-state index < -0.39 is 17.7 Å². The Hall–Kier alpha value is -1.82. The predicted molar refractivity (Wildman–Crippen MR) is 77.6 cm³/mol. The summed E-state index contributed by atoms with van der Waals surface area (Å²) in [4.78, 5) is 23.8. The molecule has 0 bridgehead atoms. The van der Waals surface area contributed by atoms with Crippen molar-refractivity contribution < 1.29 is 23.8 Å². The van der Waals surface area contributed by atoms with Crippen LogP contribution in [0.1, 0.15) is 25.0 Å². The zero-order valence-corrected chi connectivity index (χ0v) is 13.2. The van der Waals surface area contributed by atoms with Crippen molar-refractivity contribution in [1.29, 1.82) is 0 Å². The van der Waals surface area contributed by atoms with E-state index in [0.717, 1.165) is 27.8 Å². The molecule has 1 fully saturated rings. The molecule has 110 valence electrons. The van der Waals surface area contributed by atoms with E-state index in [9.17, 15) is 9.59 Å². The van der Waals surface area contributed by atoms with Crippen LogP contribution in [0.4, 0.5) is 0 Å². The molecule has 1 aromatic carbocycles. The second kappa shape index (κ2) is 4.87. The summed E-state index contributed by atoms with van der Waals surface area (Å²) in [5, 5.41) is 0. The van der Waals surface area contributed by atoms with Crippen LogP contribution in [0.3, 0.4) is 0 Å². The third-order valence-electron chi connectivity index (χ3n) is 3.19. The maximum absolute atomic E-state index is 11.9. The summed E-state index contributed by atoms with van der Waals surface area (Å²) < 4.78 is 16.4. The number of cyclic esters (lactones) is 2. The standard InChI is InChI=1S/C15H13BrO5/c1-15(2)20-13(17)10(14(18)21-15)6-8-5-9-3-4-19-12(9)11(16)7-8/h5-7H,3-4H2,1-2H3. The van der Waals surface area contributed by atoms with Gasteiger partial charge in [-0.05, 0) is 45.3 Å². The van der Waals surface area contributed by atoms with E-state index in [1.807, 2.05) is 6.07 Å². The second-order valence-corrected chi connectivity index (χ2v) is 6.18. The summed E-state index contributed by atoms with van der Waals surface area (Å²) in [6.07, 6.45) is 2.27. The van der Waals surface area contributed by atoms with E-state index in [-0.39, 0.29) is 5.57 Å². The molecule has 0 N–H and O–H groups in total. The predicted octanol–water partition coefficient (Wildman–Crippen LogP) is 2.60. The van der Waals surface area contributed by atoms with E-state index in [0.29, 0.717) is 6.61 Å². The molecule has 0 saturated carbocycles. The Kier molecular flexibility index (Phi) is 3.28. The largest absolute Gasteiger partial charge is 0.492 e. The Bertz CT molecular complexity index is 653. The number of benzene rings is 1. The van der Waals surface area contributed by atoms with Gasteiger partial charge < -0.3 is 14.2 Å². The van der Waals surface area contributed by atoms with Gasteiger partial charge in [-0.25, -0.2) is 9.59 Å². The maximum atomic E-state index is 11.9. The van der Waals surface area contributed by atoms with E-state index in [4.69, 9.17) is 14.2 Å². The van der Waals surface area contributed by atoms with Crippen molar-refractivity contribution in [2.45, 2.75) is 26.1 Å². The molecule has 0 amide bonds. The lowest BCUT2D eigenvalue weighted by molar-refractivity contribution is -0.222. The number of hydrogen-bond donors (Lipinski definition) is 0. The first-order valence-electron chi connectivity index (χ1n) is 6.49. The van der Waals surface area contributed by atoms with Crippen LogP contribution in [0.5, 0.6) is 5.75 Å². The molecular formula is C15H13BrO5. The minimum Gasteiger partial charge on any atom is -0.492 e. The van der Waals surface area contributed by atoms with Crippen LogP contribution in [0.25, 0.3) is 6.08 Å². The zero-order valence-electron chi connectivity index (χ0n) is 11.6. The minimum atomic E-state index is -1.22. The molecule has 0 aliphatic carbocycles. The van der Waals surface area contributed by atoms with Gasteiger partial charge in [-0.2, -0.15) is 0 Å². The number of halogens is 1. The third kappa shape index (κ3) is 2.68. The van der Waals surface area contributed by atoms with Crippen molar-refractivity contribution in [2.24, 2.45) is 0 Å². The van der Waals surface area contributed by atoms with Gasteiger partial charge in [-0.15, -0.1) is 0 Å². The normalized spacial score (nSPS) is 19.5. The number of esters is 2. The molecule has 2 aliphatic heterocycles. The fourth-order valence-corrected chi connectivity index (χ4v) is 2.95. The van der Waals surface area contributed by atoms with Crippen LogP contribution < -0.4 is 4.74 Å². The molecule has 0 radical (unpaired) electrons. The van der Waals surface area contributed by atoms with Crippen molar-refractivity contribution in [1.82, 2.24) is 0 Å². The molecule has 21 heavy (non-hydrogen) atoms. The number of carbonyl (C=O) groups excluding carboxylic acids is 2. The van der Waals surface area contributed by atoms with Crippen LogP contribution in [0.2, 0.25) is 0 Å². The molecule has 1 aromatic rings. The van der Waals surface area contributed by atoms with Gasteiger partial charge in [0, 0.05) is 20.3 Å². The Labute approximate surface area is 130 Å². The Morgan fingerprint density at radius 2 is 1.86 bits per heavy atom. The fourth-order valence-electron chi connectivity index (χ4n) is 2.31. The summed E-state index contributed by atoms with van der Waals surface area (Å²) >= 11 is 3.42.